The average Bonchev–Trinajstić information content (AvgIpc) is 3.31. The Morgan fingerprint density at radius 1 is 0.303 bits per heavy atom. The van der Waals surface area contributed by atoms with Crippen LogP contribution in [0.2, 0.25) is 0 Å². The van der Waals surface area contributed by atoms with Crippen LogP contribution >= 0.6 is 0 Å². The molecule has 0 aromatic carbocycles. The molecule has 6 nitrogen and oxygen atoms in total. The van der Waals surface area contributed by atoms with Crippen molar-refractivity contribution in [3.63, 3.8) is 0 Å². The first kappa shape index (κ1) is 63.4. The highest BCUT2D eigenvalue weighted by molar-refractivity contribution is 5.71. The fraction of sp³-hybridized carbons (Fsp3) is 0.817. The van der Waals surface area contributed by atoms with Gasteiger partial charge in [-0.05, 0) is 96.3 Å². The predicted octanol–water partition coefficient (Wildman–Crippen LogP) is 19.0. The Bertz CT molecular complexity index is 1150. The first-order chi connectivity index (χ1) is 32.5. The zero-order chi connectivity index (χ0) is 47.9. The summed E-state index contributed by atoms with van der Waals surface area (Å²) in [4.78, 5) is 38.1. The lowest BCUT2D eigenvalue weighted by Gasteiger charge is -2.18. The van der Waals surface area contributed by atoms with Gasteiger partial charge in [0, 0.05) is 19.3 Å². The number of hydrogen-bond donors (Lipinski definition) is 0. The van der Waals surface area contributed by atoms with Crippen molar-refractivity contribution in [2.75, 3.05) is 13.2 Å². The fourth-order valence-electron chi connectivity index (χ4n) is 8.19. The summed E-state index contributed by atoms with van der Waals surface area (Å²) in [6, 6.07) is 0. The maximum absolute atomic E-state index is 12.8. The maximum atomic E-state index is 12.8. The van der Waals surface area contributed by atoms with Gasteiger partial charge in [0.1, 0.15) is 13.2 Å². The fourth-order valence-corrected chi connectivity index (χ4v) is 8.19. The second kappa shape index (κ2) is 55.0. The highest BCUT2D eigenvalue weighted by Gasteiger charge is 2.19. The average molecular weight is 926 g/mol. The molecule has 0 N–H and O–H groups in total. The Morgan fingerprint density at radius 3 is 0.879 bits per heavy atom. The predicted molar refractivity (Wildman–Crippen MR) is 284 cm³/mol. The second-order valence-corrected chi connectivity index (χ2v) is 19.2. The highest BCUT2D eigenvalue weighted by atomic mass is 16.6. The molecule has 0 saturated heterocycles. The lowest BCUT2D eigenvalue weighted by atomic mass is 10.1. The van der Waals surface area contributed by atoms with E-state index >= 15 is 0 Å². The van der Waals surface area contributed by atoms with Crippen molar-refractivity contribution in [3.8, 4) is 0 Å². The van der Waals surface area contributed by atoms with Gasteiger partial charge in [0.25, 0.3) is 0 Å². The van der Waals surface area contributed by atoms with Crippen molar-refractivity contribution in [2.24, 2.45) is 0 Å². The van der Waals surface area contributed by atoms with E-state index in [0.29, 0.717) is 19.3 Å². The van der Waals surface area contributed by atoms with Gasteiger partial charge in [-0.3, -0.25) is 14.4 Å². The van der Waals surface area contributed by atoms with E-state index in [-0.39, 0.29) is 31.1 Å². The van der Waals surface area contributed by atoms with Gasteiger partial charge in [0.05, 0.1) is 0 Å². The van der Waals surface area contributed by atoms with Crippen LogP contribution in [0.4, 0.5) is 0 Å². The molecule has 0 rings (SSSR count). The van der Waals surface area contributed by atoms with Crippen LogP contribution in [0.15, 0.2) is 48.6 Å². The van der Waals surface area contributed by atoms with Crippen LogP contribution in [-0.4, -0.2) is 37.2 Å². The van der Waals surface area contributed by atoms with E-state index in [1.54, 1.807) is 0 Å². The molecule has 384 valence electrons. The normalized spacial score (nSPS) is 12.3. The van der Waals surface area contributed by atoms with E-state index in [4.69, 9.17) is 14.2 Å². The Morgan fingerprint density at radius 2 is 0.545 bits per heavy atom. The van der Waals surface area contributed by atoms with Gasteiger partial charge in [0.2, 0.25) is 0 Å². The molecule has 0 aliphatic heterocycles. The van der Waals surface area contributed by atoms with Gasteiger partial charge in [-0.1, -0.05) is 230 Å². The summed E-state index contributed by atoms with van der Waals surface area (Å²) < 4.78 is 16.8. The molecule has 0 saturated carbocycles. The van der Waals surface area contributed by atoms with Crippen molar-refractivity contribution in [1.29, 1.82) is 0 Å². The number of esters is 3. The zero-order valence-electron chi connectivity index (χ0n) is 44.0. The molecular weight excluding hydrogens is 817 g/mol. The van der Waals surface area contributed by atoms with Crippen LogP contribution in [0.3, 0.4) is 0 Å². The standard InChI is InChI=1S/C60H108O6/c1-4-7-10-13-16-19-22-25-27-29-31-33-35-38-41-44-47-50-53-59(62)65-56-57(55-64-58(61)52-49-46-43-40-37-24-21-18-15-12-9-6-3)66-60(63)54-51-48-45-42-39-36-34-32-30-28-26-23-20-17-14-11-8-5-2/h18,21,27,29,31-34,57H,4-17,19-20,22-26,28,30,35-56H2,1-3H3/b21-18-,29-27-,33-31-,34-32-. The van der Waals surface area contributed by atoms with E-state index in [1.807, 2.05) is 0 Å². The van der Waals surface area contributed by atoms with E-state index in [9.17, 15) is 14.4 Å². The molecule has 0 amide bonds. The van der Waals surface area contributed by atoms with Crippen molar-refractivity contribution in [1.82, 2.24) is 0 Å². The Labute approximate surface area is 409 Å². The third kappa shape index (κ3) is 52.3. The van der Waals surface area contributed by atoms with Crippen molar-refractivity contribution in [3.05, 3.63) is 48.6 Å². The van der Waals surface area contributed by atoms with E-state index in [1.165, 1.54) is 161 Å². The third-order valence-corrected chi connectivity index (χ3v) is 12.6. The van der Waals surface area contributed by atoms with Gasteiger partial charge in [-0.25, -0.2) is 0 Å². The summed E-state index contributed by atoms with van der Waals surface area (Å²) in [6.45, 7) is 6.61. The molecule has 6 heteroatoms. The van der Waals surface area contributed by atoms with Crippen LogP contribution < -0.4 is 0 Å². The van der Waals surface area contributed by atoms with Crippen LogP contribution in [-0.2, 0) is 28.6 Å². The topological polar surface area (TPSA) is 78.9 Å². The molecule has 0 aromatic heterocycles. The van der Waals surface area contributed by atoms with E-state index in [2.05, 4.69) is 69.4 Å². The van der Waals surface area contributed by atoms with Gasteiger partial charge in [0.15, 0.2) is 6.10 Å². The maximum Gasteiger partial charge on any atom is 0.306 e. The van der Waals surface area contributed by atoms with Crippen molar-refractivity contribution < 1.29 is 28.6 Å². The van der Waals surface area contributed by atoms with Crippen LogP contribution in [0.5, 0.6) is 0 Å². The molecule has 0 aromatic rings. The molecule has 0 bridgehead atoms. The molecule has 0 spiro atoms. The number of unbranched alkanes of at least 4 members (excludes halogenated alkanes) is 34. The Kier molecular flexibility index (Phi) is 52.8. The largest absolute Gasteiger partial charge is 0.462 e. The number of allylic oxidation sites excluding steroid dienone is 8. The summed E-state index contributed by atoms with van der Waals surface area (Å²) in [5.41, 5.74) is 0. The summed E-state index contributed by atoms with van der Waals surface area (Å²) in [5.74, 6) is -0.905. The Hall–Kier alpha value is -2.63. The number of hydrogen-bond acceptors (Lipinski definition) is 6. The molecule has 0 aliphatic rings. The summed E-state index contributed by atoms with van der Waals surface area (Å²) in [5, 5.41) is 0. The lowest BCUT2D eigenvalue weighted by Crippen LogP contribution is -2.30. The first-order valence-electron chi connectivity index (χ1n) is 28.7. The summed E-state index contributed by atoms with van der Waals surface area (Å²) >= 11 is 0. The van der Waals surface area contributed by atoms with Crippen molar-refractivity contribution >= 4 is 17.9 Å². The van der Waals surface area contributed by atoms with Crippen LogP contribution in [0.1, 0.15) is 297 Å². The number of rotatable bonds is 52. The SMILES string of the molecule is CCCCC/C=C\CCCCCCCC(=O)OCC(COC(=O)CCCCCCC/C=C\C=C/CCCCCCCCC)OC(=O)CCCCCCC/C=C\CCCCCCCCCCC. The molecule has 0 heterocycles. The quantitative estimate of drug-likeness (QED) is 0.0199. The number of carbonyl (C=O) groups excluding carboxylic acids is 3. The van der Waals surface area contributed by atoms with Crippen LogP contribution in [0.25, 0.3) is 0 Å². The van der Waals surface area contributed by atoms with Gasteiger partial charge < -0.3 is 14.2 Å². The zero-order valence-corrected chi connectivity index (χ0v) is 44.0. The summed E-state index contributed by atoms with van der Waals surface area (Å²) in [7, 11) is 0. The van der Waals surface area contributed by atoms with Gasteiger partial charge >= 0.3 is 17.9 Å². The molecule has 1 unspecified atom stereocenters. The van der Waals surface area contributed by atoms with Gasteiger partial charge in [-0.2, -0.15) is 0 Å². The summed E-state index contributed by atoms with van der Waals surface area (Å²) in [6.07, 6.45) is 66.7. The Balaban J connectivity index is 4.38. The molecule has 1 atom stereocenters. The van der Waals surface area contributed by atoms with Crippen LogP contribution in [0, 0.1) is 0 Å². The van der Waals surface area contributed by atoms with E-state index < -0.39 is 6.10 Å². The minimum atomic E-state index is -0.786. The lowest BCUT2D eigenvalue weighted by molar-refractivity contribution is -0.167. The smallest absolute Gasteiger partial charge is 0.306 e. The minimum Gasteiger partial charge on any atom is -0.462 e. The second-order valence-electron chi connectivity index (χ2n) is 19.2. The van der Waals surface area contributed by atoms with Crippen molar-refractivity contribution in [2.45, 2.75) is 303 Å². The minimum absolute atomic E-state index is 0.0848. The highest BCUT2D eigenvalue weighted by Crippen LogP contribution is 2.15. The first-order valence-corrected chi connectivity index (χ1v) is 28.7. The third-order valence-electron chi connectivity index (χ3n) is 12.6. The van der Waals surface area contributed by atoms with Gasteiger partial charge in [-0.15, -0.1) is 0 Å². The molecule has 0 aliphatic carbocycles. The monoisotopic (exact) mass is 925 g/mol. The molecule has 0 fully saturated rings. The molecular formula is C60H108O6. The number of carbonyl (C=O) groups is 3. The molecule has 0 radical (unpaired) electrons. The molecule has 66 heavy (non-hydrogen) atoms. The number of ether oxygens (including phenoxy) is 3. The van der Waals surface area contributed by atoms with E-state index in [0.717, 1.165) is 96.3 Å².